The van der Waals surface area contributed by atoms with Gasteiger partial charge in [-0.15, -0.1) is 0 Å². The molecule has 0 aliphatic heterocycles. The van der Waals surface area contributed by atoms with Crippen LogP contribution in [-0.2, 0) is 28.6 Å². The molecule has 0 aromatic carbocycles. The van der Waals surface area contributed by atoms with E-state index in [4.69, 9.17) is 14.2 Å². The minimum absolute atomic E-state index is 0.0619. The first-order chi connectivity index (χ1) is 30.9. The molecule has 0 aromatic heterocycles. The highest BCUT2D eigenvalue weighted by Gasteiger charge is 2.19. The van der Waals surface area contributed by atoms with Crippen molar-refractivity contribution in [1.29, 1.82) is 0 Å². The third-order valence-corrected chi connectivity index (χ3v) is 13.0. The number of rotatable bonds is 52. The molecule has 1 atom stereocenters. The van der Waals surface area contributed by atoms with Crippen LogP contribution in [0.25, 0.3) is 0 Å². The Kier molecular flexibility index (Phi) is 50.1. The van der Waals surface area contributed by atoms with Crippen LogP contribution >= 0.6 is 0 Å². The quantitative estimate of drug-likeness (QED) is 0.0344. The number of unbranched alkanes of at least 4 members (excludes halogenated alkanes) is 39. The second-order valence-electron chi connectivity index (χ2n) is 20.1. The first kappa shape index (κ1) is 61.4. The van der Waals surface area contributed by atoms with Gasteiger partial charge in [-0.3, -0.25) is 14.4 Å². The molecule has 0 heterocycles. The van der Waals surface area contributed by atoms with Crippen LogP contribution in [0.3, 0.4) is 0 Å². The molecule has 6 nitrogen and oxygen atoms in total. The van der Waals surface area contributed by atoms with E-state index in [0.29, 0.717) is 19.3 Å². The fourth-order valence-corrected chi connectivity index (χ4v) is 8.75. The SMILES string of the molecule is CCCCCCCCCCCCCCCC(=O)OC[C@@H](COC(=O)CCCCCCCCCCCCCCCCCCC(C)C)OC(=O)CCCCCCCCCCCCCCC. The van der Waals surface area contributed by atoms with Crippen LogP contribution in [0.4, 0.5) is 0 Å². The van der Waals surface area contributed by atoms with Crippen molar-refractivity contribution in [3.63, 3.8) is 0 Å². The molecule has 0 aliphatic rings. The maximum atomic E-state index is 12.8. The molecule has 0 saturated heterocycles. The van der Waals surface area contributed by atoms with E-state index in [2.05, 4.69) is 27.7 Å². The van der Waals surface area contributed by atoms with Gasteiger partial charge in [0, 0.05) is 19.3 Å². The fraction of sp³-hybridized carbons (Fsp3) is 0.947. The van der Waals surface area contributed by atoms with Gasteiger partial charge in [0.15, 0.2) is 6.10 Å². The standard InChI is InChI=1S/C57H110O6/c1-5-7-9-11-13-15-17-23-28-32-36-40-44-48-55(58)61-51-54(63-57(60)50-46-42-38-34-30-24-18-16-14-12-10-8-6-2)52-62-56(59)49-45-41-37-33-29-26-22-20-19-21-25-27-31-35-39-43-47-53(3)4/h53-54H,5-52H2,1-4H3/t54-/m0/s1. The molecular formula is C57H110O6. The highest BCUT2D eigenvalue weighted by molar-refractivity contribution is 5.71. The van der Waals surface area contributed by atoms with Gasteiger partial charge in [-0.1, -0.05) is 285 Å². The molecule has 0 N–H and O–H groups in total. The lowest BCUT2D eigenvalue weighted by molar-refractivity contribution is -0.167. The first-order valence-corrected chi connectivity index (χ1v) is 28.4. The van der Waals surface area contributed by atoms with Crippen molar-refractivity contribution in [3.05, 3.63) is 0 Å². The van der Waals surface area contributed by atoms with Gasteiger partial charge in [0.25, 0.3) is 0 Å². The molecule has 0 spiro atoms. The van der Waals surface area contributed by atoms with Gasteiger partial charge in [-0.05, 0) is 25.2 Å². The molecule has 374 valence electrons. The molecule has 0 radical (unpaired) electrons. The van der Waals surface area contributed by atoms with E-state index >= 15 is 0 Å². The summed E-state index contributed by atoms with van der Waals surface area (Å²) < 4.78 is 16.9. The van der Waals surface area contributed by atoms with Crippen molar-refractivity contribution in [2.24, 2.45) is 5.92 Å². The largest absolute Gasteiger partial charge is 0.462 e. The van der Waals surface area contributed by atoms with Crippen LogP contribution < -0.4 is 0 Å². The van der Waals surface area contributed by atoms with Crippen LogP contribution in [0.2, 0.25) is 0 Å². The molecule has 0 rings (SSSR count). The average molecular weight is 892 g/mol. The molecule has 0 aromatic rings. The lowest BCUT2D eigenvalue weighted by atomic mass is 10.0. The number of hydrogen-bond donors (Lipinski definition) is 0. The summed E-state index contributed by atoms with van der Waals surface area (Å²) in [5.41, 5.74) is 0. The Balaban J connectivity index is 4.26. The van der Waals surface area contributed by atoms with Crippen LogP contribution in [0.5, 0.6) is 0 Å². The maximum Gasteiger partial charge on any atom is 0.306 e. The Hall–Kier alpha value is -1.59. The Morgan fingerprint density at radius 1 is 0.302 bits per heavy atom. The Labute approximate surface area is 393 Å². The van der Waals surface area contributed by atoms with Gasteiger partial charge in [0.05, 0.1) is 0 Å². The summed E-state index contributed by atoms with van der Waals surface area (Å²) in [6.45, 7) is 9.06. The van der Waals surface area contributed by atoms with Gasteiger partial charge < -0.3 is 14.2 Å². The predicted molar refractivity (Wildman–Crippen MR) is 270 cm³/mol. The summed E-state index contributed by atoms with van der Waals surface area (Å²) in [6, 6.07) is 0. The predicted octanol–water partition coefficient (Wildman–Crippen LogP) is 18.6. The first-order valence-electron chi connectivity index (χ1n) is 28.4. The summed E-state index contributed by atoms with van der Waals surface area (Å²) in [5, 5.41) is 0. The summed E-state index contributed by atoms with van der Waals surface area (Å²) in [5.74, 6) is 0.0164. The highest BCUT2D eigenvalue weighted by atomic mass is 16.6. The van der Waals surface area contributed by atoms with E-state index in [0.717, 1.165) is 63.7 Å². The van der Waals surface area contributed by atoms with Crippen molar-refractivity contribution in [2.45, 2.75) is 329 Å². The second kappa shape index (κ2) is 51.4. The third-order valence-electron chi connectivity index (χ3n) is 13.0. The topological polar surface area (TPSA) is 78.9 Å². The molecule has 0 fully saturated rings. The average Bonchev–Trinajstić information content (AvgIpc) is 3.27. The molecular weight excluding hydrogens is 781 g/mol. The number of carbonyl (C=O) groups is 3. The van der Waals surface area contributed by atoms with Gasteiger partial charge in [0.2, 0.25) is 0 Å². The van der Waals surface area contributed by atoms with Crippen LogP contribution in [0.1, 0.15) is 323 Å². The Morgan fingerprint density at radius 2 is 0.524 bits per heavy atom. The summed E-state index contributed by atoms with van der Waals surface area (Å²) in [4.78, 5) is 38.1. The van der Waals surface area contributed by atoms with E-state index in [9.17, 15) is 14.4 Å². The minimum atomic E-state index is -0.761. The van der Waals surface area contributed by atoms with E-state index in [-0.39, 0.29) is 31.1 Å². The zero-order valence-corrected chi connectivity index (χ0v) is 43.0. The lowest BCUT2D eigenvalue weighted by Crippen LogP contribution is -2.30. The van der Waals surface area contributed by atoms with Crippen LogP contribution in [-0.4, -0.2) is 37.2 Å². The van der Waals surface area contributed by atoms with Gasteiger partial charge >= 0.3 is 17.9 Å². The monoisotopic (exact) mass is 891 g/mol. The van der Waals surface area contributed by atoms with Crippen molar-refractivity contribution in [3.8, 4) is 0 Å². The second-order valence-corrected chi connectivity index (χ2v) is 20.1. The Bertz CT molecular complexity index is 949. The molecule has 0 saturated carbocycles. The number of carbonyl (C=O) groups excluding carboxylic acids is 3. The van der Waals surface area contributed by atoms with Crippen LogP contribution in [0, 0.1) is 5.92 Å². The third kappa shape index (κ3) is 51.3. The minimum Gasteiger partial charge on any atom is -0.462 e. The lowest BCUT2D eigenvalue weighted by Gasteiger charge is -2.18. The summed E-state index contributed by atoms with van der Waals surface area (Å²) in [7, 11) is 0. The van der Waals surface area contributed by atoms with Crippen molar-refractivity contribution in [2.75, 3.05) is 13.2 Å². The molecule has 6 heteroatoms. The normalized spacial score (nSPS) is 12.0. The van der Waals surface area contributed by atoms with Gasteiger partial charge in [-0.25, -0.2) is 0 Å². The number of hydrogen-bond acceptors (Lipinski definition) is 6. The molecule has 0 unspecified atom stereocenters. The van der Waals surface area contributed by atoms with Crippen molar-refractivity contribution >= 4 is 17.9 Å². The van der Waals surface area contributed by atoms with Crippen LogP contribution in [0.15, 0.2) is 0 Å². The molecule has 0 bridgehead atoms. The summed E-state index contributed by atoms with van der Waals surface area (Å²) in [6.07, 6.45) is 55.2. The van der Waals surface area contributed by atoms with Crippen molar-refractivity contribution in [1.82, 2.24) is 0 Å². The van der Waals surface area contributed by atoms with Gasteiger partial charge in [0.1, 0.15) is 13.2 Å². The van der Waals surface area contributed by atoms with Gasteiger partial charge in [-0.2, -0.15) is 0 Å². The van der Waals surface area contributed by atoms with E-state index in [1.165, 1.54) is 218 Å². The number of esters is 3. The zero-order valence-electron chi connectivity index (χ0n) is 43.0. The maximum absolute atomic E-state index is 12.8. The number of ether oxygens (including phenoxy) is 3. The molecule has 63 heavy (non-hydrogen) atoms. The van der Waals surface area contributed by atoms with Crippen molar-refractivity contribution < 1.29 is 28.6 Å². The zero-order chi connectivity index (χ0) is 45.9. The molecule has 0 amide bonds. The van der Waals surface area contributed by atoms with E-state index < -0.39 is 6.10 Å². The van der Waals surface area contributed by atoms with E-state index in [1.807, 2.05) is 0 Å². The fourth-order valence-electron chi connectivity index (χ4n) is 8.75. The highest BCUT2D eigenvalue weighted by Crippen LogP contribution is 2.18. The molecule has 0 aliphatic carbocycles. The smallest absolute Gasteiger partial charge is 0.306 e. The summed E-state index contributed by atoms with van der Waals surface area (Å²) >= 11 is 0. The van der Waals surface area contributed by atoms with E-state index in [1.54, 1.807) is 0 Å². The Morgan fingerprint density at radius 3 is 0.778 bits per heavy atom.